The second kappa shape index (κ2) is 8.20. The van der Waals surface area contributed by atoms with Gasteiger partial charge in [-0.25, -0.2) is 9.86 Å². The number of urea groups is 1. The summed E-state index contributed by atoms with van der Waals surface area (Å²) in [6.45, 7) is 6.86. The van der Waals surface area contributed by atoms with Crippen molar-refractivity contribution in [1.29, 1.82) is 0 Å². The third-order valence-electron chi connectivity index (χ3n) is 3.94. The summed E-state index contributed by atoms with van der Waals surface area (Å²) in [6.07, 6.45) is 2.10. The van der Waals surface area contributed by atoms with Crippen molar-refractivity contribution in [1.82, 2.24) is 9.96 Å². The summed E-state index contributed by atoms with van der Waals surface area (Å²) in [5.74, 6) is 0.742. The molecular formula is C18H27N3O4. The highest BCUT2D eigenvalue weighted by molar-refractivity contribution is 5.89. The number of likely N-dealkylation sites (tertiary alicyclic amines) is 1. The molecule has 7 heteroatoms. The molecule has 0 bridgehead atoms. The number of carbonyl (C=O) groups is 2. The molecule has 0 unspecified atom stereocenters. The number of hydroxylamine groups is 2. The van der Waals surface area contributed by atoms with Crippen molar-refractivity contribution in [3.63, 3.8) is 0 Å². The SMILES string of the molecule is COc1ccc(NC(=O)N2CCC(N(C=O)OC(C)(C)C)CC2)cc1. The number of rotatable bonds is 5. The molecule has 1 heterocycles. The summed E-state index contributed by atoms with van der Waals surface area (Å²) >= 11 is 0. The Hall–Kier alpha value is -2.28. The van der Waals surface area contributed by atoms with E-state index in [4.69, 9.17) is 9.57 Å². The number of hydrogen-bond acceptors (Lipinski definition) is 4. The van der Waals surface area contributed by atoms with Crippen molar-refractivity contribution in [2.45, 2.75) is 45.3 Å². The fourth-order valence-corrected chi connectivity index (χ4v) is 2.70. The molecule has 1 aromatic carbocycles. The van der Waals surface area contributed by atoms with Gasteiger partial charge in [0.25, 0.3) is 0 Å². The zero-order valence-corrected chi connectivity index (χ0v) is 15.3. The highest BCUT2D eigenvalue weighted by atomic mass is 16.7. The summed E-state index contributed by atoms with van der Waals surface area (Å²) in [4.78, 5) is 31.1. The minimum Gasteiger partial charge on any atom is -0.497 e. The Morgan fingerprint density at radius 2 is 1.84 bits per heavy atom. The summed E-state index contributed by atoms with van der Waals surface area (Å²) < 4.78 is 5.10. The highest BCUT2D eigenvalue weighted by Crippen LogP contribution is 2.21. The van der Waals surface area contributed by atoms with Crippen LogP contribution in [-0.4, -0.2) is 54.2 Å². The van der Waals surface area contributed by atoms with E-state index in [1.54, 1.807) is 36.3 Å². The number of carbonyl (C=O) groups excluding carboxylic acids is 2. The molecule has 1 aliphatic rings. The molecule has 2 rings (SSSR count). The lowest BCUT2D eigenvalue weighted by molar-refractivity contribution is -0.235. The van der Waals surface area contributed by atoms with Gasteiger partial charge in [-0.15, -0.1) is 0 Å². The lowest BCUT2D eigenvalue weighted by Gasteiger charge is -2.38. The van der Waals surface area contributed by atoms with E-state index in [0.29, 0.717) is 25.9 Å². The molecule has 0 saturated carbocycles. The van der Waals surface area contributed by atoms with Crippen LogP contribution in [0.5, 0.6) is 5.75 Å². The van der Waals surface area contributed by atoms with Crippen molar-refractivity contribution in [2.24, 2.45) is 0 Å². The number of anilines is 1. The van der Waals surface area contributed by atoms with E-state index in [0.717, 1.165) is 17.8 Å². The summed E-state index contributed by atoms with van der Waals surface area (Å²) in [5, 5.41) is 4.26. The molecule has 0 radical (unpaired) electrons. The molecule has 3 amide bonds. The largest absolute Gasteiger partial charge is 0.497 e. The summed E-state index contributed by atoms with van der Waals surface area (Å²) in [5.41, 5.74) is 0.294. The molecule has 1 N–H and O–H groups in total. The van der Waals surface area contributed by atoms with Crippen LogP contribution in [0.4, 0.5) is 10.5 Å². The standard InChI is InChI=1S/C18H27N3O4/c1-18(2,3)25-21(13-22)15-9-11-20(12-10-15)17(23)19-14-5-7-16(24-4)8-6-14/h5-8,13,15H,9-12H2,1-4H3,(H,19,23). The van der Waals surface area contributed by atoms with E-state index in [9.17, 15) is 9.59 Å². The number of nitrogens with zero attached hydrogens (tertiary/aromatic N) is 2. The average molecular weight is 349 g/mol. The zero-order chi connectivity index (χ0) is 18.4. The molecule has 1 fully saturated rings. The molecule has 0 spiro atoms. The van der Waals surface area contributed by atoms with Gasteiger partial charge in [0.05, 0.1) is 18.8 Å². The quantitative estimate of drug-likeness (QED) is 0.655. The molecule has 1 aliphatic heterocycles. The van der Waals surface area contributed by atoms with Crippen molar-refractivity contribution in [2.75, 3.05) is 25.5 Å². The van der Waals surface area contributed by atoms with Gasteiger partial charge in [0, 0.05) is 18.8 Å². The van der Waals surface area contributed by atoms with Crippen molar-refractivity contribution in [3.05, 3.63) is 24.3 Å². The van der Waals surface area contributed by atoms with Gasteiger partial charge < -0.3 is 15.0 Å². The van der Waals surface area contributed by atoms with Crippen LogP contribution in [0.25, 0.3) is 0 Å². The van der Waals surface area contributed by atoms with Crippen LogP contribution in [0.1, 0.15) is 33.6 Å². The maximum absolute atomic E-state index is 12.4. The predicted octanol–water partition coefficient (Wildman–Crippen LogP) is 2.88. The Labute approximate surface area is 148 Å². The second-order valence-electron chi connectivity index (χ2n) is 7.05. The van der Waals surface area contributed by atoms with Crippen molar-refractivity contribution < 1.29 is 19.2 Å². The van der Waals surface area contributed by atoms with Gasteiger partial charge in [-0.05, 0) is 57.9 Å². The van der Waals surface area contributed by atoms with Gasteiger partial charge in [0.2, 0.25) is 6.41 Å². The van der Waals surface area contributed by atoms with Gasteiger partial charge in [-0.3, -0.25) is 9.63 Å². The first-order chi connectivity index (χ1) is 11.8. The van der Waals surface area contributed by atoms with E-state index >= 15 is 0 Å². The number of nitrogens with one attached hydrogen (secondary N) is 1. The molecule has 1 aromatic rings. The van der Waals surface area contributed by atoms with Gasteiger partial charge >= 0.3 is 6.03 Å². The van der Waals surface area contributed by atoms with Crippen LogP contribution < -0.4 is 10.1 Å². The molecule has 25 heavy (non-hydrogen) atoms. The number of ether oxygens (including phenoxy) is 1. The Morgan fingerprint density at radius 3 is 2.32 bits per heavy atom. The van der Waals surface area contributed by atoms with Crippen molar-refractivity contribution in [3.8, 4) is 5.75 Å². The molecule has 0 atom stereocenters. The molecule has 138 valence electrons. The number of hydrogen-bond donors (Lipinski definition) is 1. The number of amides is 3. The number of piperidine rings is 1. The highest BCUT2D eigenvalue weighted by Gasteiger charge is 2.29. The fourth-order valence-electron chi connectivity index (χ4n) is 2.70. The minimum absolute atomic E-state index is 0.0123. The van der Waals surface area contributed by atoms with Gasteiger partial charge in [0.15, 0.2) is 0 Å². The summed E-state index contributed by atoms with van der Waals surface area (Å²) in [7, 11) is 1.60. The van der Waals surface area contributed by atoms with E-state index in [2.05, 4.69) is 5.32 Å². The third kappa shape index (κ3) is 5.63. The molecule has 0 aliphatic carbocycles. The maximum atomic E-state index is 12.4. The monoisotopic (exact) mass is 349 g/mol. The predicted molar refractivity (Wildman–Crippen MR) is 95.3 cm³/mol. The van der Waals surface area contributed by atoms with Crippen LogP contribution >= 0.6 is 0 Å². The average Bonchev–Trinajstić information content (AvgIpc) is 2.59. The number of methoxy groups -OCH3 is 1. The lowest BCUT2D eigenvalue weighted by Crippen LogP contribution is -2.49. The Balaban J connectivity index is 1.85. The molecule has 1 saturated heterocycles. The first-order valence-corrected chi connectivity index (χ1v) is 8.45. The first-order valence-electron chi connectivity index (χ1n) is 8.45. The van der Waals surface area contributed by atoms with Crippen LogP contribution in [0, 0.1) is 0 Å². The van der Waals surface area contributed by atoms with E-state index in [1.165, 1.54) is 5.06 Å². The van der Waals surface area contributed by atoms with Gasteiger partial charge in [0.1, 0.15) is 5.75 Å². The Morgan fingerprint density at radius 1 is 1.24 bits per heavy atom. The van der Waals surface area contributed by atoms with Crippen molar-refractivity contribution >= 4 is 18.1 Å². The Bertz CT molecular complexity index is 575. The summed E-state index contributed by atoms with van der Waals surface area (Å²) in [6, 6.07) is 7.05. The van der Waals surface area contributed by atoms with Crippen LogP contribution in [0.3, 0.4) is 0 Å². The van der Waals surface area contributed by atoms with E-state index < -0.39 is 5.60 Å². The first kappa shape index (κ1) is 19.1. The normalized spacial score (nSPS) is 15.6. The van der Waals surface area contributed by atoms with Gasteiger partial charge in [-0.1, -0.05) is 0 Å². The third-order valence-corrected chi connectivity index (χ3v) is 3.94. The molecule has 0 aromatic heterocycles. The Kier molecular flexibility index (Phi) is 6.25. The van der Waals surface area contributed by atoms with E-state index in [1.807, 2.05) is 20.8 Å². The second-order valence-corrected chi connectivity index (χ2v) is 7.05. The van der Waals surface area contributed by atoms with Crippen LogP contribution in [0.2, 0.25) is 0 Å². The van der Waals surface area contributed by atoms with Crippen LogP contribution in [-0.2, 0) is 9.63 Å². The lowest BCUT2D eigenvalue weighted by atomic mass is 10.1. The van der Waals surface area contributed by atoms with Gasteiger partial charge in [-0.2, -0.15) is 0 Å². The fraction of sp³-hybridized carbons (Fsp3) is 0.556. The molecule has 7 nitrogen and oxygen atoms in total. The topological polar surface area (TPSA) is 71.1 Å². The van der Waals surface area contributed by atoms with Crippen LogP contribution in [0.15, 0.2) is 24.3 Å². The van der Waals surface area contributed by atoms with E-state index in [-0.39, 0.29) is 12.1 Å². The zero-order valence-electron chi connectivity index (χ0n) is 15.3. The molecular weight excluding hydrogens is 322 g/mol. The number of benzene rings is 1. The maximum Gasteiger partial charge on any atom is 0.321 e. The smallest absolute Gasteiger partial charge is 0.321 e. The minimum atomic E-state index is -0.427.